The second-order valence-electron chi connectivity index (χ2n) is 4.75. The van der Waals surface area contributed by atoms with Gasteiger partial charge in [-0.05, 0) is 20.8 Å². The van der Waals surface area contributed by atoms with Gasteiger partial charge in [0.1, 0.15) is 0 Å². The highest BCUT2D eigenvalue weighted by atomic mass is 16.6. The van der Waals surface area contributed by atoms with Gasteiger partial charge in [-0.25, -0.2) is 9.59 Å². The molecule has 8 nitrogen and oxygen atoms in total. The number of carbonyl (C=O) groups is 2. The maximum atomic E-state index is 11.8. The van der Waals surface area contributed by atoms with Crippen molar-refractivity contribution in [2.75, 3.05) is 12.3 Å². The molecule has 8 heteroatoms. The van der Waals surface area contributed by atoms with Crippen LogP contribution in [-0.4, -0.2) is 38.6 Å². The molecule has 0 saturated carbocycles. The number of nitrogens with zero attached hydrogens (tertiary/aromatic N) is 3. The Kier molecular flexibility index (Phi) is 2.88. The standard InChI is InChI=1S/C11H16N4O4/c1-4-19-10(18)15-7-6(8(12)13-15)5-14(9(16)17)11(7,2)3/h4-5H2,1-3H3,(H2,12,13)(H,16,17). The summed E-state index contributed by atoms with van der Waals surface area (Å²) in [5.41, 5.74) is 5.88. The summed E-state index contributed by atoms with van der Waals surface area (Å²) in [6, 6.07) is 0. The van der Waals surface area contributed by atoms with Crippen LogP contribution in [0, 0.1) is 0 Å². The predicted molar refractivity (Wildman–Crippen MR) is 65.7 cm³/mol. The van der Waals surface area contributed by atoms with Gasteiger partial charge in [-0.2, -0.15) is 4.68 Å². The Labute approximate surface area is 109 Å². The van der Waals surface area contributed by atoms with Crippen molar-refractivity contribution < 1.29 is 19.4 Å². The summed E-state index contributed by atoms with van der Waals surface area (Å²) in [6.45, 7) is 5.40. The molecule has 2 rings (SSSR count). The van der Waals surface area contributed by atoms with Gasteiger partial charge in [-0.15, -0.1) is 5.10 Å². The molecule has 0 aliphatic carbocycles. The Balaban J connectivity index is 2.53. The van der Waals surface area contributed by atoms with Crippen LogP contribution in [0.15, 0.2) is 0 Å². The second-order valence-corrected chi connectivity index (χ2v) is 4.75. The van der Waals surface area contributed by atoms with E-state index in [9.17, 15) is 14.7 Å². The lowest BCUT2D eigenvalue weighted by molar-refractivity contribution is 0.0941. The molecule has 0 unspecified atom stereocenters. The summed E-state index contributed by atoms with van der Waals surface area (Å²) in [7, 11) is 0. The molecule has 1 aromatic heterocycles. The number of carbonyl (C=O) groups excluding carboxylic acids is 1. The third kappa shape index (κ3) is 1.79. The van der Waals surface area contributed by atoms with Crippen LogP contribution >= 0.6 is 0 Å². The molecule has 0 saturated heterocycles. The first-order chi connectivity index (χ1) is 8.80. The van der Waals surface area contributed by atoms with E-state index in [0.29, 0.717) is 11.3 Å². The number of hydrogen-bond acceptors (Lipinski definition) is 5. The van der Waals surface area contributed by atoms with Gasteiger partial charge in [-0.3, -0.25) is 4.90 Å². The number of nitrogens with two attached hydrogens (primary N) is 1. The van der Waals surface area contributed by atoms with Crippen LogP contribution in [0.2, 0.25) is 0 Å². The summed E-state index contributed by atoms with van der Waals surface area (Å²) in [4.78, 5) is 24.3. The van der Waals surface area contributed by atoms with Crippen LogP contribution < -0.4 is 5.73 Å². The normalized spacial score (nSPS) is 16.3. The number of ether oxygens (including phenoxy) is 1. The van der Waals surface area contributed by atoms with Gasteiger partial charge in [0.25, 0.3) is 0 Å². The number of rotatable bonds is 1. The summed E-state index contributed by atoms with van der Waals surface area (Å²) in [6.07, 6.45) is -1.73. The van der Waals surface area contributed by atoms with E-state index in [4.69, 9.17) is 10.5 Å². The minimum Gasteiger partial charge on any atom is -0.465 e. The molecule has 0 aromatic carbocycles. The van der Waals surface area contributed by atoms with Gasteiger partial charge in [0.05, 0.1) is 24.4 Å². The first-order valence-corrected chi connectivity index (χ1v) is 5.86. The zero-order chi connectivity index (χ0) is 14.4. The molecule has 0 spiro atoms. The molecular formula is C11H16N4O4. The summed E-state index contributed by atoms with van der Waals surface area (Å²) >= 11 is 0. The van der Waals surface area contributed by atoms with Gasteiger partial charge < -0.3 is 15.6 Å². The van der Waals surface area contributed by atoms with Crippen molar-refractivity contribution in [1.29, 1.82) is 0 Å². The second kappa shape index (κ2) is 4.15. The molecule has 0 radical (unpaired) electrons. The Morgan fingerprint density at radius 3 is 2.68 bits per heavy atom. The average molecular weight is 268 g/mol. The fourth-order valence-corrected chi connectivity index (χ4v) is 2.36. The van der Waals surface area contributed by atoms with Gasteiger partial charge in [-0.1, -0.05) is 0 Å². The topological polar surface area (TPSA) is 111 Å². The van der Waals surface area contributed by atoms with E-state index >= 15 is 0 Å². The molecular weight excluding hydrogens is 252 g/mol. The molecule has 104 valence electrons. The fourth-order valence-electron chi connectivity index (χ4n) is 2.36. The van der Waals surface area contributed by atoms with Crippen molar-refractivity contribution in [3.8, 4) is 0 Å². The number of hydrogen-bond donors (Lipinski definition) is 2. The number of aromatic nitrogens is 2. The van der Waals surface area contributed by atoms with Crippen LogP contribution in [0.4, 0.5) is 15.4 Å². The minimum atomic E-state index is -1.07. The van der Waals surface area contributed by atoms with Crippen LogP contribution in [0.25, 0.3) is 0 Å². The van der Waals surface area contributed by atoms with Crippen LogP contribution in [0.3, 0.4) is 0 Å². The lowest BCUT2D eigenvalue weighted by Gasteiger charge is -2.30. The Bertz CT molecular complexity index is 549. The fraction of sp³-hybridized carbons (Fsp3) is 0.545. The zero-order valence-electron chi connectivity index (χ0n) is 11.0. The average Bonchev–Trinajstić information content (AvgIpc) is 2.76. The van der Waals surface area contributed by atoms with Crippen molar-refractivity contribution in [3.63, 3.8) is 0 Å². The number of anilines is 1. The minimum absolute atomic E-state index is 0.114. The number of carboxylic acid groups (broad SMARTS) is 1. The highest BCUT2D eigenvalue weighted by Gasteiger charge is 2.46. The van der Waals surface area contributed by atoms with E-state index in [1.54, 1.807) is 20.8 Å². The quantitative estimate of drug-likeness (QED) is 0.791. The van der Waals surface area contributed by atoms with Crippen molar-refractivity contribution in [3.05, 3.63) is 11.3 Å². The smallest absolute Gasteiger partial charge is 0.435 e. The maximum absolute atomic E-state index is 11.8. The van der Waals surface area contributed by atoms with Crippen LogP contribution in [0.5, 0.6) is 0 Å². The third-order valence-corrected chi connectivity index (χ3v) is 3.26. The summed E-state index contributed by atoms with van der Waals surface area (Å²) in [5, 5.41) is 13.1. The van der Waals surface area contributed by atoms with Crippen molar-refractivity contribution in [2.45, 2.75) is 32.9 Å². The molecule has 1 aliphatic heterocycles. The first-order valence-electron chi connectivity index (χ1n) is 5.86. The lowest BCUT2D eigenvalue weighted by Crippen LogP contribution is -2.41. The largest absolute Gasteiger partial charge is 0.465 e. The van der Waals surface area contributed by atoms with E-state index in [0.717, 1.165) is 4.68 Å². The van der Waals surface area contributed by atoms with Crippen LogP contribution in [-0.2, 0) is 16.8 Å². The van der Waals surface area contributed by atoms with E-state index in [2.05, 4.69) is 5.10 Å². The van der Waals surface area contributed by atoms with E-state index in [1.807, 2.05) is 0 Å². The maximum Gasteiger partial charge on any atom is 0.435 e. The number of amides is 1. The zero-order valence-corrected chi connectivity index (χ0v) is 11.0. The van der Waals surface area contributed by atoms with Crippen molar-refractivity contribution >= 4 is 18.0 Å². The lowest BCUT2D eigenvalue weighted by atomic mass is 10.0. The van der Waals surface area contributed by atoms with Gasteiger partial charge >= 0.3 is 12.2 Å². The molecule has 1 aromatic rings. The Hall–Kier alpha value is -2.25. The van der Waals surface area contributed by atoms with Gasteiger partial charge in [0, 0.05) is 5.56 Å². The summed E-state index contributed by atoms with van der Waals surface area (Å²) in [5.74, 6) is 0.153. The molecule has 0 atom stereocenters. The third-order valence-electron chi connectivity index (χ3n) is 3.26. The molecule has 0 bridgehead atoms. The van der Waals surface area contributed by atoms with Crippen molar-refractivity contribution in [2.24, 2.45) is 0 Å². The first kappa shape index (κ1) is 13.2. The molecule has 19 heavy (non-hydrogen) atoms. The Morgan fingerprint density at radius 1 is 1.53 bits per heavy atom. The summed E-state index contributed by atoms with van der Waals surface area (Å²) < 4.78 is 5.95. The van der Waals surface area contributed by atoms with E-state index in [1.165, 1.54) is 4.90 Å². The van der Waals surface area contributed by atoms with Gasteiger partial charge in [0.15, 0.2) is 5.82 Å². The highest BCUT2D eigenvalue weighted by molar-refractivity contribution is 5.75. The van der Waals surface area contributed by atoms with Crippen molar-refractivity contribution in [1.82, 2.24) is 14.7 Å². The molecule has 2 heterocycles. The number of nitrogen functional groups attached to an aromatic ring is 1. The molecule has 1 aliphatic rings. The number of fused-ring (bicyclic) bond motifs is 1. The van der Waals surface area contributed by atoms with Crippen LogP contribution in [0.1, 0.15) is 32.0 Å². The highest BCUT2D eigenvalue weighted by Crippen LogP contribution is 2.41. The van der Waals surface area contributed by atoms with E-state index < -0.39 is 17.7 Å². The SMILES string of the molecule is CCOC(=O)n1nc(N)c2c1C(C)(C)N(C(=O)O)C2. The van der Waals surface area contributed by atoms with E-state index in [-0.39, 0.29) is 19.0 Å². The predicted octanol–water partition coefficient (Wildman–Crippen LogP) is 1.20. The van der Waals surface area contributed by atoms with Gasteiger partial charge in [0.2, 0.25) is 0 Å². The molecule has 3 N–H and O–H groups in total. The monoisotopic (exact) mass is 268 g/mol. The Morgan fingerprint density at radius 2 is 2.16 bits per heavy atom. The molecule has 0 fully saturated rings. The molecule has 1 amide bonds.